The second-order valence-electron chi connectivity index (χ2n) is 1.19. The van der Waals surface area contributed by atoms with E-state index in [9.17, 15) is 0 Å². The molecule has 1 fully saturated rings. The molecule has 0 bridgehead atoms. The Morgan fingerprint density at radius 2 is 1.71 bits per heavy atom. The van der Waals surface area contributed by atoms with Crippen LogP contribution < -0.4 is 18.9 Å². The Bertz CT molecular complexity index is 43.0. The molecular weight excluding hydrogens is 119 g/mol. The van der Waals surface area contributed by atoms with Crippen LogP contribution in [0, 0.1) is 4.58 Å². The number of hydrogen-bond donors (Lipinski definition) is 0. The minimum Gasteiger partial charge on any atom is -0.337 e. The van der Waals surface area contributed by atoms with Gasteiger partial charge in [0.1, 0.15) is 0 Å². The Kier molecular flexibility index (Phi) is 4.98. The average molecular weight is 126 g/mol. The van der Waals surface area contributed by atoms with Crippen LogP contribution >= 0.6 is 23.5 Å². The van der Waals surface area contributed by atoms with E-state index in [0.717, 1.165) is 0 Å². The molecule has 0 aliphatic carbocycles. The second kappa shape index (κ2) is 4.20. The van der Waals surface area contributed by atoms with Crippen molar-refractivity contribution in [2.24, 2.45) is 0 Å². The van der Waals surface area contributed by atoms with Crippen LogP contribution in [-0.4, -0.2) is 11.5 Å². The minimum absolute atomic E-state index is 0. The summed E-state index contributed by atoms with van der Waals surface area (Å²) in [7, 11) is 0. The second-order valence-corrected chi connectivity index (χ2v) is 4.07. The Morgan fingerprint density at radius 3 is 1.86 bits per heavy atom. The third-order valence-electron chi connectivity index (χ3n) is 0.694. The van der Waals surface area contributed by atoms with E-state index in [1.807, 2.05) is 23.5 Å². The summed E-state index contributed by atoms with van der Waals surface area (Å²) in [5.41, 5.74) is 0. The van der Waals surface area contributed by atoms with E-state index in [4.69, 9.17) is 0 Å². The summed E-state index contributed by atoms with van der Waals surface area (Å²) in [6.07, 6.45) is 0. The standard InChI is InChI=1S/C4H7S2.Li/c1-4-5-2-3-6-4;/h2-3H2,1H3;/q-1;+1. The first-order valence-electron chi connectivity index (χ1n) is 1.99. The van der Waals surface area contributed by atoms with E-state index < -0.39 is 0 Å². The first-order valence-corrected chi connectivity index (χ1v) is 3.96. The molecule has 0 amide bonds. The van der Waals surface area contributed by atoms with Gasteiger partial charge < -0.3 is 23.5 Å². The molecule has 36 valence electrons. The molecule has 0 nitrogen and oxygen atoms in total. The van der Waals surface area contributed by atoms with E-state index in [2.05, 4.69) is 6.92 Å². The van der Waals surface area contributed by atoms with Crippen LogP contribution in [0.5, 0.6) is 0 Å². The molecule has 1 rings (SSSR count). The largest absolute Gasteiger partial charge is 1.00 e. The third kappa shape index (κ3) is 2.97. The van der Waals surface area contributed by atoms with Gasteiger partial charge in [-0.2, -0.15) is 6.92 Å². The predicted octanol–water partition coefficient (Wildman–Crippen LogP) is -1.02. The summed E-state index contributed by atoms with van der Waals surface area (Å²) >= 11 is 3.95. The zero-order chi connectivity index (χ0) is 4.41. The zero-order valence-corrected chi connectivity index (χ0v) is 6.36. The van der Waals surface area contributed by atoms with E-state index in [1.165, 1.54) is 16.1 Å². The van der Waals surface area contributed by atoms with Crippen LogP contribution in [0.15, 0.2) is 0 Å². The van der Waals surface area contributed by atoms with Crippen molar-refractivity contribution in [3.8, 4) is 0 Å². The molecule has 1 heterocycles. The Morgan fingerprint density at radius 1 is 1.29 bits per heavy atom. The summed E-state index contributed by atoms with van der Waals surface area (Å²) in [6, 6.07) is 0. The molecule has 0 spiro atoms. The normalized spacial score (nSPS) is 21.9. The van der Waals surface area contributed by atoms with Gasteiger partial charge in [0.15, 0.2) is 0 Å². The van der Waals surface area contributed by atoms with E-state index in [-0.39, 0.29) is 18.9 Å². The molecule has 0 aromatic heterocycles. The minimum atomic E-state index is 0. The van der Waals surface area contributed by atoms with Crippen molar-refractivity contribution in [2.45, 2.75) is 6.92 Å². The summed E-state index contributed by atoms with van der Waals surface area (Å²) in [5, 5.41) is 0. The molecule has 1 saturated heterocycles. The molecule has 0 saturated carbocycles. The van der Waals surface area contributed by atoms with Gasteiger partial charge >= 0.3 is 18.9 Å². The fourth-order valence-electron chi connectivity index (χ4n) is 0.412. The van der Waals surface area contributed by atoms with Crippen LogP contribution in [-0.2, 0) is 0 Å². The van der Waals surface area contributed by atoms with E-state index >= 15 is 0 Å². The maximum atomic E-state index is 2.18. The smallest absolute Gasteiger partial charge is 0.337 e. The fourth-order valence-corrected chi connectivity index (χ4v) is 2.49. The van der Waals surface area contributed by atoms with Crippen molar-refractivity contribution in [2.75, 3.05) is 11.5 Å². The van der Waals surface area contributed by atoms with Crippen LogP contribution in [0.1, 0.15) is 6.92 Å². The van der Waals surface area contributed by atoms with Crippen molar-refractivity contribution < 1.29 is 18.9 Å². The quantitative estimate of drug-likeness (QED) is 0.301. The molecular formula is C4H7LiS2. The van der Waals surface area contributed by atoms with Crippen LogP contribution in [0.4, 0.5) is 0 Å². The summed E-state index contributed by atoms with van der Waals surface area (Å²) in [5.74, 6) is 2.66. The molecule has 0 unspecified atom stereocenters. The van der Waals surface area contributed by atoms with Gasteiger partial charge in [-0.3, -0.25) is 0 Å². The van der Waals surface area contributed by atoms with Gasteiger partial charge in [-0.05, 0) is 11.5 Å². The number of hydrogen-bond acceptors (Lipinski definition) is 2. The maximum absolute atomic E-state index is 2.18. The molecule has 0 aromatic rings. The molecule has 7 heavy (non-hydrogen) atoms. The van der Waals surface area contributed by atoms with Gasteiger partial charge in [0, 0.05) is 0 Å². The Balaban J connectivity index is 0.000000360. The molecule has 3 heteroatoms. The van der Waals surface area contributed by atoms with Crippen LogP contribution in [0.2, 0.25) is 0 Å². The fraction of sp³-hybridized carbons (Fsp3) is 0.750. The van der Waals surface area contributed by atoms with Crippen LogP contribution in [0.25, 0.3) is 0 Å². The number of thioether (sulfide) groups is 2. The summed E-state index contributed by atoms with van der Waals surface area (Å²) in [6.45, 7) is 2.18. The maximum Gasteiger partial charge on any atom is 1.00 e. The average Bonchev–Trinajstić information content (AvgIpc) is 1.86. The van der Waals surface area contributed by atoms with E-state index in [1.54, 1.807) is 0 Å². The van der Waals surface area contributed by atoms with Gasteiger partial charge in [0.2, 0.25) is 0 Å². The SMILES string of the molecule is C[C-]1SCCS1.[Li+]. The van der Waals surface area contributed by atoms with Crippen molar-refractivity contribution >= 4 is 23.5 Å². The van der Waals surface area contributed by atoms with Gasteiger partial charge in [-0.25, -0.2) is 4.58 Å². The first-order chi connectivity index (χ1) is 2.89. The topological polar surface area (TPSA) is 0 Å². The molecule has 1 aliphatic heterocycles. The van der Waals surface area contributed by atoms with Gasteiger partial charge in [0.05, 0.1) is 0 Å². The molecule has 0 radical (unpaired) electrons. The molecule has 0 atom stereocenters. The number of rotatable bonds is 0. The molecule has 0 N–H and O–H groups in total. The third-order valence-corrected chi connectivity index (χ3v) is 3.29. The molecule has 1 aliphatic rings. The van der Waals surface area contributed by atoms with E-state index in [0.29, 0.717) is 0 Å². The van der Waals surface area contributed by atoms with Crippen molar-refractivity contribution in [1.82, 2.24) is 0 Å². The van der Waals surface area contributed by atoms with Crippen LogP contribution in [0.3, 0.4) is 0 Å². The zero-order valence-electron chi connectivity index (χ0n) is 4.73. The Hall–Kier alpha value is 1.30. The monoisotopic (exact) mass is 126 g/mol. The van der Waals surface area contributed by atoms with Gasteiger partial charge in [-0.1, -0.05) is 0 Å². The van der Waals surface area contributed by atoms with Crippen molar-refractivity contribution in [1.29, 1.82) is 0 Å². The van der Waals surface area contributed by atoms with Gasteiger partial charge in [0.25, 0.3) is 0 Å². The first kappa shape index (κ1) is 8.30. The summed E-state index contributed by atoms with van der Waals surface area (Å²) in [4.78, 5) is 0. The van der Waals surface area contributed by atoms with Gasteiger partial charge in [-0.15, -0.1) is 0 Å². The Labute approximate surface area is 65.4 Å². The molecule has 0 aromatic carbocycles. The van der Waals surface area contributed by atoms with Crippen molar-refractivity contribution in [3.63, 3.8) is 0 Å². The predicted molar refractivity (Wildman–Crippen MR) is 33.8 cm³/mol. The van der Waals surface area contributed by atoms with Crippen molar-refractivity contribution in [3.05, 3.63) is 4.58 Å². The summed E-state index contributed by atoms with van der Waals surface area (Å²) < 4.78 is 1.54.